The van der Waals surface area contributed by atoms with Crippen molar-refractivity contribution >= 4 is 9.84 Å². The lowest BCUT2D eigenvalue weighted by molar-refractivity contribution is -0.274. The molecule has 126 valence electrons. The van der Waals surface area contributed by atoms with Gasteiger partial charge in [0.05, 0.1) is 10.9 Å². The van der Waals surface area contributed by atoms with Crippen molar-refractivity contribution in [3.63, 3.8) is 0 Å². The largest absolute Gasteiger partial charge is 0.573 e. The van der Waals surface area contributed by atoms with Crippen LogP contribution in [0.5, 0.6) is 5.75 Å². The quantitative estimate of drug-likeness (QED) is 0.825. The van der Waals surface area contributed by atoms with Crippen molar-refractivity contribution in [2.45, 2.75) is 31.2 Å². The Balaban J connectivity index is 2.14. The van der Waals surface area contributed by atoms with E-state index in [1.165, 1.54) is 25.1 Å². The first-order valence-corrected chi connectivity index (χ1v) is 8.28. The van der Waals surface area contributed by atoms with E-state index < -0.39 is 27.2 Å². The van der Waals surface area contributed by atoms with Gasteiger partial charge in [0.25, 0.3) is 0 Å². The Morgan fingerprint density at radius 1 is 1.26 bits per heavy atom. The number of aryl methyl sites for hydroxylation is 1. The zero-order chi connectivity index (χ0) is 17.3. The molecular weight excluding hydrogens is 335 g/mol. The summed E-state index contributed by atoms with van der Waals surface area (Å²) in [6.07, 6.45) is -4.79. The fourth-order valence-corrected chi connectivity index (χ4v) is 3.31. The summed E-state index contributed by atoms with van der Waals surface area (Å²) in [4.78, 5) is 0. The number of ether oxygens (including phenoxy) is 1. The summed E-state index contributed by atoms with van der Waals surface area (Å²) in [7, 11) is -3.60. The van der Waals surface area contributed by atoms with E-state index >= 15 is 0 Å². The second kappa shape index (κ2) is 6.23. The first-order valence-electron chi connectivity index (χ1n) is 6.56. The van der Waals surface area contributed by atoms with E-state index in [1.807, 2.05) is 0 Å². The van der Waals surface area contributed by atoms with Crippen LogP contribution in [0.3, 0.4) is 0 Å². The maximum atomic E-state index is 12.3. The van der Waals surface area contributed by atoms with Crippen LogP contribution < -0.4 is 4.74 Å². The van der Waals surface area contributed by atoms with Crippen molar-refractivity contribution in [1.82, 2.24) is 5.16 Å². The maximum Gasteiger partial charge on any atom is 0.573 e. The molecule has 9 heteroatoms. The van der Waals surface area contributed by atoms with Crippen LogP contribution in [0.25, 0.3) is 0 Å². The molecule has 0 saturated heterocycles. The minimum Gasteiger partial charge on any atom is -0.406 e. The molecule has 0 aliphatic carbocycles. The van der Waals surface area contributed by atoms with Gasteiger partial charge in [0.2, 0.25) is 0 Å². The molecule has 0 radical (unpaired) electrons. The first-order chi connectivity index (χ1) is 10.6. The average molecular weight is 349 g/mol. The minimum absolute atomic E-state index is 0.214. The number of hydrogen-bond acceptors (Lipinski definition) is 5. The molecule has 0 amide bonds. The molecule has 0 aliphatic heterocycles. The molecule has 1 atom stereocenters. The van der Waals surface area contributed by atoms with Gasteiger partial charge in [-0.05, 0) is 31.5 Å². The van der Waals surface area contributed by atoms with Crippen LogP contribution >= 0.6 is 0 Å². The Hall–Kier alpha value is -2.03. The third-order valence-electron chi connectivity index (χ3n) is 3.14. The van der Waals surface area contributed by atoms with Gasteiger partial charge in [0.1, 0.15) is 11.5 Å². The second-order valence-corrected chi connectivity index (χ2v) is 7.32. The molecule has 2 aromatic rings. The highest BCUT2D eigenvalue weighted by molar-refractivity contribution is 7.90. The molecule has 0 aliphatic rings. The Morgan fingerprint density at radius 2 is 1.87 bits per heavy atom. The normalized spacial score (nSPS) is 13.8. The van der Waals surface area contributed by atoms with E-state index in [0.29, 0.717) is 11.3 Å². The number of halogens is 3. The summed E-state index contributed by atoms with van der Waals surface area (Å²) in [5.74, 6) is -0.529. The lowest BCUT2D eigenvalue weighted by Crippen LogP contribution is -2.17. The van der Waals surface area contributed by atoms with E-state index in [9.17, 15) is 21.6 Å². The predicted octanol–water partition coefficient (Wildman–Crippen LogP) is 3.56. The molecule has 0 saturated carbocycles. The van der Waals surface area contributed by atoms with Gasteiger partial charge in [-0.2, -0.15) is 0 Å². The van der Waals surface area contributed by atoms with Gasteiger partial charge < -0.3 is 9.26 Å². The standard InChI is InChI=1S/C14H14F3NO4S/c1-9-7-13(22-18-9)8-23(19,20)10(2)11-3-5-12(6-4-11)21-14(15,16)17/h3-7,10H,8H2,1-2H3/t10-/m1/s1. The van der Waals surface area contributed by atoms with E-state index in [0.717, 1.165) is 12.1 Å². The zero-order valence-electron chi connectivity index (χ0n) is 12.3. The van der Waals surface area contributed by atoms with Crippen LogP contribution in [0, 0.1) is 6.92 Å². The molecular formula is C14H14F3NO4S. The third-order valence-corrected chi connectivity index (χ3v) is 5.18. The topological polar surface area (TPSA) is 69.4 Å². The molecule has 0 unspecified atom stereocenters. The van der Waals surface area contributed by atoms with Crippen LogP contribution in [0.4, 0.5) is 13.2 Å². The Labute approximate surface area is 131 Å². The average Bonchev–Trinajstić information content (AvgIpc) is 2.81. The highest BCUT2D eigenvalue weighted by Crippen LogP contribution is 2.29. The zero-order valence-corrected chi connectivity index (χ0v) is 13.1. The van der Waals surface area contributed by atoms with E-state index in [4.69, 9.17) is 4.52 Å². The number of nitrogens with zero attached hydrogens (tertiary/aromatic N) is 1. The Morgan fingerprint density at radius 3 is 2.35 bits per heavy atom. The van der Waals surface area contributed by atoms with Crippen molar-refractivity contribution in [3.8, 4) is 5.75 Å². The smallest absolute Gasteiger partial charge is 0.406 e. The lowest BCUT2D eigenvalue weighted by atomic mass is 10.1. The number of rotatable bonds is 5. The van der Waals surface area contributed by atoms with Crippen LogP contribution in [-0.4, -0.2) is 19.9 Å². The summed E-state index contributed by atoms with van der Waals surface area (Å²) < 4.78 is 69.6. The summed E-state index contributed by atoms with van der Waals surface area (Å²) in [6, 6.07) is 6.25. The molecule has 0 N–H and O–H groups in total. The van der Waals surface area contributed by atoms with Crippen molar-refractivity contribution in [3.05, 3.63) is 47.3 Å². The van der Waals surface area contributed by atoms with E-state index in [1.54, 1.807) is 6.92 Å². The Bertz CT molecular complexity index is 766. The highest BCUT2D eigenvalue weighted by atomic mass is 32.2. The maximum absolute atomic E-state index is 12.3. The number of alkyl halides is 3. The number of aromatic nitrogens is 1. The van der Waals surface area contributed by atoms with E-state index in [2.05, 4.69) is 9.89 Å². The van der Waals surface area contributed by atoms with Gasteiger partial charge in [0.15, 0.2) is 15.6 Å². The molecule has 2 rings (SSSR count). The molecule has 1 aromatic heterocycles. The number of benzene rings is 1. The molecule has 5 nitrogen and oxygen atoms in total. The summed E-state index contributed by atoms with van der Waals surface area (Å²) in [5.41, 5.74) is 0.923. The fraction of sp³-hybridized carbons (Fsp3) is 0.357. The summed E-state index contributed by atoms with van der Waals surface area (Å²) in [5, 5.41) is 2.71. The molecule has 1 heterocycles. The molecule has 0 spiro atoms. The number of sulfone groups is 1. The van der Waals surface area contributed by atoms with Gasteiger partial charge in [-0.15, -0.1) is 13.2 Å². The van der Waals surface area contributed by atoms with E-state index in [-0.39, 0.29) is 11.5 Å². The molecule has 23 heavy (non-hydrogen) atoms. The van der Waals surface area contributed by atoms with Crippen molar-refractivity contribution in [2.24, 2.45) is 0 Å². The minimum atomic E-state index is -4.79. The van der Waals surface area contributed by atoms with Crippen molar-refractivity contribution < 1.29 is 30.8 Å². The SMILES string of the molecule is Cc1cc(CS(=O)(=O)[C@H](C)c2ccc(OC(F)(F)F)cc2)on1. The predicted molar refractivity (Wildman–Crippen MR) is 75.4 cm³/mol. The van der Waals surface area contributed by atoms with Crippen molar-refractivity contribution in [1.29, 1.82) is 0 Å². The monoisotopic (exact) mass is 349 g/mol. The van der Waals surface area contributed by atoms with Gasteiger partial charge in [-0.25, -0.2) is 8.42 Å². The lowest BCUT2D eigenvalue weighted by Gasteiger charge is -2.14. The Kier molecular flexibility index (Phi) is 4.69. The van der Waals surface area contributed by atoms with Gasteiger partial charge in [-0.1, -0.05) is 17.3 Å². The van der Waals surface area contributed by atoms with Gasteiger partial charge >= 0.3 is 6.36 Å². The molecule has 0 fully saturated rings. The number of hydrogen-bond donors (Lipinski definition) is 0. The summed E-state index contributed by atoms with van der Waals surface area (Å²) in [6.45, 7) is 3.13. The third kappa shape index (κ3) is 4.72. The molecule has 1 aromatic carbocycles. The van der Waals surface area contributed by atoms with Crippen LogP contribution in [0.2, 0.25) is 0 Å². The van der Waals surface area contributed by atoms with Crippen LogP contribution in [0.15, 0.2) is 34.9 Å². The van der Waals surface area contributed by atoms with Gasteiger partial charge in [0, 0.05) is 6.07 Å². The fourth-order valence-electron chi connectivity index (χ4n) is 1.96. The second-order valence-electron chi connectivity index (χ2n) is 5.00. The van der Waals surface area contributed by atoms with Crippen LogP contribution in [0.1, 0.15) is 29.2 Å². The highest BCUT2D eigenvalue weighted by Gasteiger charge is 2.31. The van der Waals surface area contributed by atoms with Gasteiger partial charge in [-0.3, -0.25) is 0 Å². The first kappa shape index (κ1) is 17.3. The molecule has 0 bridgehead atoms. The van der Waals surface area contributed by atoms with Crippen molar-refractivity contribution in [2.75, 3.05) is 0 Å². The van der Waals surface area contributed by atoms with Crippen LogP contribution in [-0.2, 0) is 15.6 Å². The summed E-state index contributed by atoms with van der Waals surface area (Å²) >= 11 is 0.